The van der Waals surface area contributed by atoms with Crippen molar-refractivity contribution in [1.82, 2.24) is 9.88 Å². The van der Waals surface area contributed by atoms with E-state index in [0.717, 1.165) is 16.9 Å². The minimum atomic E-state index is -1.02. The number of carbonyl (C=O) groups is 1. The second-order valence-corrected chi connectivity index (χ2v) is 6.52. The Morgan fingerprint density at radius 1 is 1.21 bits per heavy atom. The maximum absolute atomic E-state index is 12.5. The molecule has 1 aliphatic rings. The van der Waals surface area contributed by atoms with Crippen LogP contribution in [0.4, 0.5) is 0 Å². The number of hydrogen-bond donors (Lipinski definition) is 1. The Morgan fingerprint density at radius 3 is 2.58 bits per heavy atom. The molecule has 1 amide bonds. The van der Waals surface area contributed by atoms with Crippen molar-refractivity contribution in [2.75, 3.05) is 19.7 Å². The second kappa shape index (κ2) is 6.61. The molecule has 1 unspecified atom stereocenters. The second-order valence-electron chi connectivity index (χ2n) is 6.52. The fraction of sp³-hybridized carbons (Fsp3) is 0.368. The predicted octanol–water partition coefficient (Wildman–Crippen LogP) is 2.35. The molecule has 1 aromatic carbocycles. The normalized spacial score (nSPS) is 20.2. The number of aryl methyl sites for hydroxylation is 2. The Morgan fingerprint density at radius 2 is 1.92 bits per heavy atom. The van der Waals surface area contributed by atoms with E-state index >= 15 is 0 Å². The molecule has 1 aromatic heterocycles. The maximum Gasteiger partial charge on any atom is 0.272 e. The van der Waals surface area contributed by atoms with Crippen LogP contribution in [0.25, 0.3) is 0 Å². The third-order valence-corrected chi connectivity index (χ3v) is 4.28. The van der Waals surface area contributed by atoms with Gasteiger partial charge in [0.2, 0.25) is 0 Å². The molecule has 3 rings (SSSR count). The van der Waals surface area contributed by atoms with E-state index in [4.69, 9.17) is 4.74 Å². The Bertz CT molecular complexity index is 712. The van der Waals surface area contributed by atoms with Crippen molar-refractivity contribution in [2.45, 2.75) is 25.9 Å². The fourth-order valence-corrected chi connectivity index (χ4v) is 2.76. The van der Waals surface area contributed by atoms with Crippen LogP contribution in [-0.4, -0.2) is 46.2 Å². The summed E-state index contributed by atoms with van der Waals surface area (Å²) in [5.74, 6) is 0.570. The van der Waals surface area contributed by atoms with Gasteiger partial charge in [-0.2, -0.15) is 0 Å². The summed E-state index contributed by atoms with van der Waals surface area (Å²) in [6.45, 7) is 4.87. The smallest absolute Gasteiger partial charge is 0.272 e. The van der Waals surface area contributed by atoms with Crippen molar-refractivity contribution in [3.63, 3.8) is 0 Å². The molecular weight excluding hydrogens is 304 g/mol. The Kier molecular flexibility index (Phi) is 4.53. The summed E-state index contributed by atoms with van der Waals surface area (Å²) in [6.07, 6.45) is 2.17. The van der Waals surface area contributed by atoms with Crippen LogP contribution in [0.15, 0.2) is 42.6 Å². The number of aromatic nitrogens is 1. The van der Waals surface area contributed by atoms with Crippen LogP contribution in [0.2, 0.25) is 0 Å². The summed E-state index contributed by atoms with van der Waals surface area (Å²) in [4.78, 5) is 18.3. The predicted molar refractivity (Wildman–Crippen MR) is 91.1 cm³/mol. The number of β-amino-alcohol motifs (C(OH)–C–C–N with tert-alkyl or cyclic N) is 1. The highest BCUT2D eigenvalue weighted by Gasteiger charge is 2.39. The number of rotatable bonds is 4. The summed E-state index contributed by atoms with van der Waals surface area (Å²) in [5.41, 5.74) is 1.55. The lowest BCUT2D eigenvalue weighted by Gasteiger charge is -2.23. The summed E-state index contributed by atoms with van der Waals surface area (Å²) in [7, 11) is 0. The van der Waals surface area contributed by atoms with Crippen LogP contribution in [0, 0.1) is 13.8 Å². The number of benzene rings is 1. The number of carbonyl (C=O) groups excluding carboxylic acids is 1. The minimum absolute atomic E-state index is 0.152. The van der Waals surface area contributed by atoms with E-state index in [-0.39, 0.29) is 19.1 Å². The lowest BCUT2D eigenvalue weighted by molar-refractivity contribution is 0.00425. The lowest BCUT2D eigenvalue weighted by atomic mass is 10.1. The highest BCUT2D eigenvalue weighted by molar-refractivity contribution is 5.92. The average Bonchev–Trinajstić information content (AvgIpc) is 2.97. The molecule has 5 nitrogen and oxygen atoms in total. The first-order chi connectivity index (χ1) is 11.5. The van der Waals surface area contributed by atoms with Gasteiger partial charge in [-0.3, -0.25) is 9.78 Å². The van der Waals surface area contributed by atoms with E-state index in [1.165, 1.54) is 0 Å². The average molecular weight is 326 g/mol. The van der Waals surface area contributed by atoms with Crippen LogP contribution in [0.5, 0.6) is 5.75 Å². The first-order valence-corrected chi connectivity index (χ1v) is 8.09. The number of ether oxygens (including phenoxy) is 1. The standard InChI is InChI=1S/C19H22N2O3/c1-14-3-6-16(7-4-14)24-13-19(23)9-10-21(12-19)18(22)17-8-5-15(2)11-20-17/h3-8,11,23H,9-10,12-13H2,1-2H3. The van der Waals surface area contributed by atoms with Crippen molar-refractivity contribution in [3.05, 3.63) is 59.4 Å². The highest BCUT2D eigenvalue weighted by Crippen LogP contribution is 2.24. The molecule has 2 heterocycles. The molecule has 2 aromatic rings. The number of amides is 1. The summed E-state index contributed by atoms with van der Waals surface area (Å²) in [6, 6.07) is 11.3. The highest BCUT2D eigenvalue weighted by atomic mass is 16.5. The van der Waals surface area contributed by atoms with Crippen molar-refractivity contribution in [2.24, 2.45) is 0 Å². The lowest BCUT2D eigenvalue weighted by Crippen LogP contribution is -2.40. The van der Waals surface area contributed by atoms with Crippen molar-refractivity contribution < 1.29 is 14.6 Å². The molecule has 1 aliphatic heterocycles. The number of hydrogen-bond acceptors (Lipinski definition) is 4. The van der Waals surface area contributed by atoms with Gasteiger partial charge in [0.15, 0.2) is 0 Å². The largest absolute Gasteiger partial charge is 0.491 e. The summed E-state index contributed by atoms with van der Waals surface area (Å²) < 4.78 is 5.69. The van der Waals surface area contributed by atoms with E-state index in [1.54, 1.807) is 17.2 Å². The molecular formula is C19H22N2O3. The molecule has 0 radical (unpaired) electrons. The van der Waals surface area contributed by atoms with E-state index in [0.29, 0.717) is 18.7 Å². The van der Waals surface area contributed by atoms with Crippen molar-refractivity contribution in [3.8, 4) is 5.75 Å². The number of nitrogens with zero attached hydrogens (tertiary/aromatic N) is 2. The van der Waals surface area contributed by atoms with Gasteiger partial charge in [-0.05, 0) is 44.0 Å². The van der Waals surface area contributed by atoms with Gasteiger partial charge in [0, 0.05) is 12.7 Å². The molecule has 0 spiro atoms. The fourth-order valence-electron chi connectivity index (χ4n) is 2.76. The van der Waals surface area contributed by atoms with E-state index < -0.39 is 5.60 Å². The summed E-state index contributed by atoms with van der Waals surface area (Å²) in [5, 5.41) is 10.7. The van der Waals surface area contributed by atoms with Crippen LogP contribution >= 0.6 is 0 Å². The SMILES string of the molecule is Cc1ccc(OCC2(O)CCN(C(=O)c3ccc(C)cn3)C2)cc1. The molecule has 1 fully saturated rings. The molecule has 1 atom stereocenters. The molecule has 1 saturated heterocycles. The van der Waals surface area contributed by atoms with Gasteiger partial charge in [-0.15, -0.1) is 0 Å². The van der Waals surface area contributed by atoms with Gasteiger partial charge >= 0.3 is 0 Å². The van der Waals surface area contributed by atoms with E-state index in [1.807, 2.05) is 44.2 Å². The van der Waals surface area contributed by atoms with Crippen LogP contribution in [-0.2, 0) is 0 Å². The molecule has 126 valence electrons. The van der Waals surface area contributed by atoms with Gasteiger partial charge in [-0.25, -0.2) is 0 Å². The van der Waals surface area contributed by atoms with Crippen molar-refractivity contribution >= 4 is 5.91 Å². The van der Waals surface area contributed by atoms with E-state index in [2.05, 4.69) is 4.98 Å². The molecule has 24 heavy (non-hydrogen) atoms. The molecule has 1 N–H and O–H groups in total. The molecule has 0 aliphatic carbocycles. The Hall–Kier alpha value is -2.40. The van der Waals surface area contributed by atoms with Crippen molar-refractivity contribution in [1.29, 1.82) is 0 Å². The minimum Gasteiger partial charge on any atom is -0.491 e. The Balaban J connectivity index is 1.59. The van der Waals surface area contributed by atoms with Gasteiger partial charge in [0.05, 0.1) is 6.54 Å². The molecule has 0 bridgehead atoms. The number of pyridine rings is 1. The molecule has 5 heteroatoms. The van der Waals surface area contributed by atoms with Crippen LogP contribution in [0.3, 0.4) is 0 Å². The zero-order valence-electron chi connectivity index (χ0n) is 14.0. The molecule has 0 saturated carbocycles. The quantitative estimate of drug-likeness (QED) is 0.937. The van der Waals surface area contributed by atoms with Crippen LogP contribution in [0.1, 0.15) is 28.0 Å². The maximum atomic E-state index is 12.5. The topological polar surface area (TPSA) is 62.7 Å². The first-order valence-electron chi connectivity index (χ1n) is 8.09. The van der Waals surface area contributed by atoms with Crippen LogP contribution < -0.4 is 4.74 Å². The third-order valence-electron chi connectivity index (χ3n) is 4.28. The van der Waals surface area contributed by atoms with Gasteiger partial charge in [-0.1, -0.05) is 23.8 Å². The summed E-state index contributed by atoms with van der Waals surface area (Å²) >= 11 is 0. The first kappa shape index (κ1) is 16.5. The third kappa shape index (κ3) is 3.74. The number of aliphatic hydroxyl groups is 1. The zero-order chi connectivity index (χ0) is 17.2. The monoisotopic (exact) mass is 326 g/mol. The zero-order valence-corrected chi connectivity index (χ0v) is 14.0. The van der Waals surface area contributed by atoms with Gasteiger partial charge < -0.3 is 14.7 Å². The van der Waals surface area contributed by atoms with E-state index in [9.17, 15) is 9.90 Å². The Labute approximate surface area is 141 Å². The van der Waals surface area contributed by atoms with Gasteiger partial charge in [0.25, 0.3) is 5.91 Å². The van der Waals surface area contributed by atoms with Gasteiger partial charge in [0.1, 0.15) is 23.7 Å². The number of likely N-dealkylation sites (tertiary alicyclic amines) is 1.